The highest BCUT2D eigenvalue weighted by molar-refractivity contribution is 6.08. The molecule has 1 aromatic carbocycles. The number of hydroxylamine groups is 2. The molecule has 1 fully saturated rings. The molecule has 3 aromatic rings. The molecule has 0 bridgehead atoms. The predicted molar refractivity (Wildman–Crippen MR) is 132 cm³/mol. The normalized spacial score (nSPS) is 15.5. The average Bonchev–Trinajstić information content (AvgIpc) is 3.21. The molecule has 8 nitrogen and oxygen atoms in total. The van der Waals surface area contributed by atoms with Gasteiger partial charge in [-0.15, -0.1) is 5.06 Å². The molecule has 180 valence electrons. The summed E-state index contributed by atoms with van der Waals surface area (Å²) in [5.41, 5.74) is 3.53. The van der Waals surface area contributed by atoms with Crippen molar-refractivity contribution >= 4 is 28.6 Å². The van der Waals surface area contributed by atoms with E-state index >= 15 is 0 Å². The Morgan fingerprint density at radius 3 is 2.18 bits per heavy atom. The third kappa shape index (κ3) is 4.97. The molecule has 0 amide bonds. The molecular formula is C26H33N5O3. The van der Waals surface area contributed by atoms with E-state index in [2.05, 4.69) is 27.0 Å². The first-order valence-electron chi connectivity index (χ1n) is 11.6. The molecule has 0 aliphatic carbocycles. The van der Waals surface area contributed by atoms with Crippen LogP contribution < -0.4 is 4.90 Å². The molecule has 2 aromatic heterocycles. The number of rotatable bonds is 4. The Balaban J connectivity index is 1.46. The number of carbonyl (C=O) groups excluding carboxylic acids is 2. The van der Waals surface area contributed by atoms with E-state index in [1.807, 2.05) is 53.7 Å². The summed E-state index contributed by atoms with van der Waals surface area (Å²) in [6, 6.07) is 8.18. The first-order chi connectivity index (χ1) is 15.9. The molecule has 1 saturated heterocycles. The lowest BCUT2D eigenvalue weighted by molar-refractivity contribution is -0.201. The maximum atomic E-state index is 12.8. The minimum Gasteiger partial charge on any atom is -0.369 e. The van der Waals surface area contributed by atoms with Crippen LogP contribution in [0.2, 0.25) is 0 Å². The van der Waals surface area contributed by atoms with Gasteiger partial charge in [-0.1, -0.05) is 32.9 Å². The monoisotopic (exact) mass is 463 g/mol. The smallest absolute Gasteiger partial charge is 0.330 e. The van der Waals surface area contributed by atoms with Crippen molar-refractivity contribution in [1.82, 2.24) is 20.0 Å². The largest absolute Gasteiger partial charge is 0.369 e. The number of aromatic amines is 1. The molecule has 8 heteroatoms. The average molecular weight is 464 g/mol. The van der Waals surface area contributed by atoms with E-state index in [0.717, 1.165) is 30.0 Å². The Morgan fingerprint density at radius 1 is 0.941 bits per heavy atom. The molecule has 1 aliphatic rings. The summed E-state index contributed by atoms with van der Waals surface area (Å²) >= 11 is 0. The highest BCUT2D eigenvalue weighted by Crippen LogP contribution is 2.28. The zero-order valence-electron chi connectivity index (χ0n) is 20.8. The molecular weight excluding hydrogens is 430 g/mol. The van der Waals surface area contributed by atoms with E-state index in [1.165, 1.54) is 0 Å². The van der Waals surface area contributed by atoms with Crippen LogP contribution in [0.25, 0.3) is 22.4 Å². The number of benzene rings is 1. The van der Waals surface area contributed by atoms with E-state index in [1.54, 1.807) is 17.5 Å². The third-order valence-electron chi connectivity index (χ3n) is 5.90. The quantitative estimate of drug-likeness (QED) is 0.571. The van der Waals surface area contributed by atoms with Gasteiger partial charge in [0.15, 0.2) is 11.4 Å². The molecule has 1 N–H and O–H groups in total. The number of hydrogen-bond donors (Lipinski definition) is 1. The van der Waals surface area contributed by atoms with Crippen molar-refractivity contribution in [1.29, 1.82) is 0 Å². The molecule has 0 atom stereocenters. The third-order valence-corrected chi connectivity index (χ3v) is 5.90. The maximum absolute atomic E-state index is 12.8. The van der Waals surface area contributed by atoms with Crippen LogP contribution in [0.3, 0.4) is 0 Å². The number of ketones is 1. The lowest BCUT2D eigenvalue weighted by Gasteiger charge is -2.35. The van der Waals surface area contributed by atoms with E-state index in [9.17, 15) is 9.59 Å². The lowest BCUT2D eigenvalue weighted by Crippen LogP contribution is -2.48. The lowest BCUT2D eigenvalue weighted by atomic mass is 9.87. The van der Waals surface area contributed by atoms with Crippen LogP contribution in [0.4, 0.5) is 5.69 Å². The van der Waals surface area contributed by atoms with Crippen LogP contribution in [-0.2, 0) is 9.63 Å². The van der Waals surface area contributed by atoms with Crippen LogP contribution >= 0.6 is 0 Å². The standard InChI is InChI=1S/C26H33N5O3/c1-25(2,3)22(32)19-15-27-23-21(19)29-20(16-28-23)17-7-9-18(10-8-17)30-11-13-31(14-12-30)34-24(33)26(4,5)6/h7-10,15-16H,11-14H2,1-6H3,(H,27,28). The van der Waals surface area contributed by atoms with E-state index in [4.69, 9.17) is 9.82 Å². The van der Waals surface area contributed by atoms with Crippen molar-refractivity contribution in [3.63, 3.8) is 0 Å². The summed E-state index contributed by atoms with van der Waals surface area (Å²) in [4.78, 5) is 45.0. The Morgan fingerprint density at radius 2 is 1.59 bits per heavy atom. The summed E-state index contributed by atoms with van der Waals surface area (Å²) in [7, 11) is 0. The molecule has 1 aliphatic heterocycles. The van der Waals surface area contributed by atoms with Crippen molar-refractivity contribution in [3.8, 4) is 11.3 Å². The number of anilines is 1. The number of hydrogen-bond acceptors (Lipinski definition) is 7. The number of fused-ring (bicyclic) bond motifs is 1. The summed E-state index contributed by atoms with van der Waals surface area (Å²) in [6.07, 6.45) is 3.42. The highest BCUT2D eigenvalue weighted by atomic mass is 16.7. The fraction of sp³-hybridized carbons (Fsp3) is 0.462. The van der Waals surface area contributed by atoms with E-state index < -0.39 is 10.8 Å². The van der Waals surface area contributed by atoms with Crippen molar-refractivity contribution in [3.05, 3.63) is 42.2 Å². The van der Waals surface area contributed by atoms with Crippen molar-refractivity contribution in [2.45, 2.75) is 41.5 Å². The highest BCUT2D eigenvalue weighted by Gasteiger charge is 2.28. The zero-order valence-corrected chi connectivity index (χ0v) is 20.8. The molecule has 0 unspecified atom stereocenters. The van der Waals surface area contributed by atoms with Crippen LogP contribution in [0, 0.1) is 10.8 Å². The van der Waals surface area contributed by atoms with Gasteiger partial charge in [-0.2, -0.15) is 0 Å². The minimum atomic E-state index is -0.514. The van der Waals surface area contributed by atoms with Crippen LogP contribution in [0.15, 0.2) is 36.7 Å². The zero-order chi connectivity index (χ0) is 24.7. The number of aromatic nitrogens is 3. The number of H-pyrrole nitrogens is 1. The topological polar surface area (TPSA) is 91.4 Å². The number of piperazine rings is 1. The number of carbonyl (C=O) groups is 2. The number of nitrogens with zero attached hydrogens (tertiary/aromatic N) is 4. The fourth-order valence-corrected chi connectivity index (χ4v) is 3.74. The van der Waals surface area contributed by atoms with Gasteiger partial charge in [0, 0.05) is 36.0 Å². The second-order valence-corrected chi connectivity index (χ2v) is 10.8. The van der Waals surface area contributed by atoms with Crippen molar-refractivity contribution < 1.29 is 14.4 Å². The van der Waals surface area contributed by atoms with Gasteiger partial charge in [-0.25, -0.2) is 14.8 Å². The summed E-state index contributed by atoms with van der Waals surface area (Å²) < 4.78 is 0. The number of Topliss-reactive ketones (excluding diaryl/α,β-unsaturated/α-hetero) is 1. The van der Waals surface area contributed by atoms with Crippen LogP contribution in [-0.4, -0.2) is 57.9 Å². The van der Waals surface area contributed by atoms with Crippen molar-refractivity contribution in [2.24, 2.45) is 10.8 Å². The Bertz CT molecular complexity index is 1190. The van der Waals surface area contributed by atoms with Gasteiger partial charge < -0.3 is 14.7 Å². The Kier molecular flexibility index (Phi) is 6.20. The van der Waals surface area contributed by atoms with E-state index in [0.29, 0.717) is 29.8 Å². The summed E-state index contributed by atoms with van der Waals surface area (Å²) in [6.45, 7) is 14.1. The molecule has 0 spiro atoms. The van der Waals surface area contributed by atoms with Gasteiger partial charge in [0.1, 0.15) is 5.52 Å². The summed E-state index contributed by atoms with van der Waals surface area (Å²) in [5, 5.41) is 1.75. The molecule has 34 heavy (non-hydrogen) atoms. The van der Waals surface area contributed by atoms with Crippen LogP contribution in [0.5, 0.6) is 0 Å². The second kappa shape index (κ2) is 8.83. The Hall–Kier alpha value is -3.26. The predicted octanol–water partition coefficient (Wildman–Crippen LogP) is 4.48. The first kappa shape index (κ1) is 23.9. The second-order valence-electron chi connectivity index (χ2n) is 10.8. The maximum Gasteiger partial charge on any atom is 0.330 e. The number of nitrogens with one attached hydrogen (secondary N) is 1. The summed E-state index contributed by atoms with van der Waals surface area (Å²) in [5.74, 6) is -0.175. The van der Waals surface area contributed by atoms with Crippen LogP contribution in [0.1, 0.15) is 51.9 Å². The molecule has 3 heterocycles. The molecule has 0 saturated carbocycles. The van der Waals surface area contributed by atoms with Gasteiger partial charge in [0.2, 0.25) is 0 Å². The van der Waals surface area contributed by atoms with Gasteiger partial charge >= 0.3 is 5.97 Å². The molecule has 4 rings (SSSR count). The van der Waals surface area contributed by atoms with Crippen molar-refractivity contribution in [2.75, 3.05) is 31.1 Å². The fourth-order valence-electron chi connectivity index (χ4n) is 3.74. The van der Waals surface area contributed by atoms with Gasteiger partial charge in [0.25, 0.3) is 0 Å². The Labute approximate surface area is 200 Å². The first-order valence-corrected chi connectivity index (χ1v) is 11.6. The van der Waals surface area contributed by atoms with Gasteiger partial charge in [-0.3, -0.25) is 4.79 Å². The molecule has 0 radical (unpaired) electrons. The van der Waals surface area contributed by atoms with E-state index in [-0.39, 0.29) is 11.8 Å². The van der Waals surface area contributed by atoms with Gasteiger partial charge in [-0.05, 0) is 32.9 Å². The van der Waals surface area contributed by atoms with Gasteiger partial charge in [0.05, 0.1) is 36.0 Å². The SMILES string of the molecule is CC(C)(C)C(=O)ON1CCN(c2ccc(-c3cnc4[nH]cc(C(=O)C(C)(C)C)c4n3)cc2)CC1. The minimum absolute atomic E-state index is 0.0351.